The Morgan fingerprint density at radius 2 is 1.95 bits per heavy atom. The molecule has 4 nitrogen and oxygen atoms in total. The summed E-state index contributed by atoms with van der Waals surface area (Å²) in [4.78, 5) is 11.8. The van der Waals surface area contributed by atoms with E-state index in [9.17, 15) is 4.79 Å². The van der Waals surface area contributed by atoms with E-state index in [1.165, 1.54) is 28.5 Å². The van der Waals surface area contributed by atoms with E-state index in [1.54, 1.807) is 0 Å². The summed E-state index contributed by atoms with van der Waals surface area (Å²) in [5.74, 6) is -0.187. The fourth-order valence-electron chi connectivity index (χ4n) is 2.92. The summed E-state index contributed by atoms with van der Waals surface area (Å²) in [6.07, 6.45) is 3.72. The molecule has 1 aliphatic rings. The van der Waals surface area contributed by atoms with Crippen molar-refractivity contribution in [3.8, 4) is 0 Å². The lowest BCUT2D eigenvalue weighted by Gasteiger charge is -2.18. The summed E-state index contributed by atoms with van der Waals surface area (Å²) in [7, 11) is 0. The van der Waals surface area contributed by atoms with Crippen molar-refractivity contribution >= 4 is 12.0 Å². The first-order valence-electron chi connectivity index (χ1n) is 6.98. The number of nitrogens with one attached hydrogen (secondary N) is 1. The highest BCUT2D eigenvalue weighted by molar-refractivity contribution is 5.77. The van der Waals surface area contributed by atoms with Crippen LogP contribution in [-0.2, 0) is 29.0 Å². The highest BCUT2D eigenvalue weighted by Gasteiger charge is 2.22. The van der Waals surface area contributed by atoms with Crippen LogP contribution >= 0.6 is 0 Å². The number of ether oxygens (including phenoxy) is 1. The zero-order chi connectivity index (χ0) is 14.7. The van der Waals surface area contributed by atoms with Crippen LogP contribution in [0.2, 0.25) is 0 Å². The molecular formula is C16H22N2O2. The average molecular weight is 274 g/mol. The summed E-state index contributed by atoms with van der Waals surface area (Å²) in [6.45, 7) is 8.15. The van der Waals surface area contributed by atoms with Gasteiger partial charge in [0, 0.05) is 13.1 Å². The van der Waals surface area contributed by atoms with Crippen molar-refractivity contribution in [2.75, 3.05) is 6.61 Å². The average Bonchev–Trinajstić information content (AvgIpc) is 2.90. The highest BCUT2D eigenvalue weighted by atomic mass is 16.5. The molecule has 3 N–H and O–H groups in total. The van der Waals surface area contributed by atoms with Crippen LogP contribution in [0.1, 0.15) is 40.3 Å². The maximum Gasteiger partial charge on any atom is 0.310 e. The zero-order valence-electron chi connectivity index (χ0n) is 12.4. The van der Waals surface area contributed by atoms with E-state index < -0.39 is 0 Å². The molecule has 1 aromatic rings. The first-order chi connectivity index (χ1) is 9.60. The van der Waals surface area contributed by atoms with Crippen molar-refractivity contribution in [1.82, 2.24) is 5.32 Å². The molecule has 0 radical (unpaired) electrons. The van der Waals surface area contributed by atoms with Crippen molar-refractivity contribution in [2.45, 2.75) is 40.3 Å². The van der Waals surface area contributed by atoms with Gasteiger partial charge in [-0.1, -0.05) is 0 Å². The monoisotopic (exact) mass is 274 g/mol. The Morgan fingerprint density at radius 1 is 1.30 bits per heavy atom. The molecule has 0 fully saturated rings. The van der Waals surface area contributed by atoms with Gasteiger partial charge in [-0.05, 0) is 66.4 Å². The number of fused-ring (bicyclic) bond motifs is 1. The van der Waals surface area contributed by atoms with Crippen molar-refractivity contribution in [3.63, 3.8) is 0 Å². The Bertz CT molecular complexity index is 562. The SMILES string of the molecule is CCOC(=O)Cc1c(C)c2c(c(C)c1/C=C/N)CNC2. The second-order valence-corrected chi connectivity index (χ2v) is 5.04. The molecule has 0 atom stereocenters. The van der Waals surface area contributed by atoms with Crippen LogP contribution < -0.4 is 11.1 Å². The fraction of sp³-hybridized carbons (Fsp3) is 0.438. The lowest BCUT2D eigenvalue weighted by molar-refractivity contribution is -0.142. The predicted octanol–water partition coefficient (Wildman–Crippen LogP) is 1.94. The maximum absolute atomic E-state index is 11.8. The van der Waals surface area contributed by atoms with E-state index in [4.69, 9.17) is 10.5 Å². The smallest absolute Gasteiger partial charge is 0.310 e. The van der Waals surface area contributed by atoms with Crippen molar-refractivity contribution in [3.05, 3.63) is 39.6 Å². The molecule has 0 spiro atoms. The molecule has 1 heterocycles. The first kappa shape index (κ1) is 14.6. The van der Waals surface area contributed by atoms with Gasteiger partial charge in [0.05, 0.1) is 13.0 Å². The molecule has 0 unspecified atom stereocenters. The number of rotatable bonds is 4. The normalized spacial score (nSPS) is 13.8. The van der Waals surface area contributed by atoms with Gasteiger partial charge < -0.3 is 15.8 Å². The Morgan fingerprint density at radius 3 is 2.55 bits per heavy atom. The Hall–Kier alpha value is -1.81. The summed E-state index contributed by atoms with van der Waals surface area (Å²) in [5, 5.41) is 3.37. The van der Waals surface area contributed by atoms with Gasteiger partial charge in [0.25, 0.3) is 0 Å². The van der Waals surface area contributed by atoms with Crippen LogP contribution in [0.3, 0.4) is 0 Å². The standard InChI is InChI=1S/C16H22N2O2/c1-4-20-16(19)7-13-11(3)15-9-18-8-14(15)10(2)12(13)5-6-17/h5-6,18H,4,7-9,17H2,1-3H3/b6-5+. The molecule has 2 rings (SSSR count). The largest absolute Gasteiger partial charge is 0.466 e. The predicted molar refractivity (Wildman–Crippen MR) is 80.0 cm³/mol. The fourth-order valence-corrected chi connectivity index (χ4v) is 2.92. The number of nitrogens with two attached hydrogens (primary N) is 1. The minimum atomic E-state index is -0.187. The third kappa shape index (κ3) is 2.56. The second kappa shape index (κ2) is 6.09. The molecule has 1 aromatic carbocycles. The molecule has 0 saturated carbocycles. The maximum atomic E-state index is 11.8. The third-order valence-corrected chi connectivity index (χ3v) is 3.94. The Kier molecular flexibility index (Phi) is 4.45. The summed E-state index contributed by atoms with van der Waals surface area (Å²) in [5.41, 5.74) is 12.7. The third-order valence-electron chi connectivity index (χ3n) is 3.94. The topological polar surface area (TPSA) is 64.3 Å². The highest BCUT2D eigenvalue weighted by Crippen LogP contribution is 2.31. The van der Waals surface area contributed by atoms with Crippen LogP contribution in [-0.4, -0.2) is 12.6 Å². The molecule has 0 aromatic heterocycles. The van der Waals surface area contributed by atoms with Gasteiger partial charge in [-0.3, -0.25) is 4.79 Å². The molecule has 4 heteroatoms. The van der Waals surface area contributed by atoms with Gasteiger partial charge in [-0.25, -0.2) is 0 Å². The minimum absolute atomic E-state index is 0.187. The van der Waals surface area contributed by atoms with Gasteiger partial charge >= 0.3 is 5.97 Å². The summed E-state index contributed by atoms with van der Waals surface area (Å²) < 4.78 is 5.08. The Labute approximate surface area is 120 Å². The number of carbonyl (C=O) groups excluding carboxylic acids is 1. The molecule has 0 amide bonds. The molecule has 0 aliphatic carbocycles. The molecule has 20 heavy (non-hydrogen) atoms. The Balaban J connectivity index is 2.53. The van der Waals surface area contributed by atoms with Crippen molar-refractivity contribution in [1.29, 1.82) is 0 Å². The van der Waals surface area contributed by atoms with E-state index in [2.05, 4.69) is 19.2 Å². The molecular weight excluding hydrogens is 252 g/mol. The molecule has 1 aliphatic heterocycles. The first-order valence-corrected chi connectivity index (χ1v) is 6.98. The summed E-state index contributed by atoms with van der Waals surface area (Å²) in [6, 6.07) is 0. The van der Waals surface area contributed by atoms with Crippen LogP contribution in [0.15, 0.2) is 6.20 Å². The number of esters is 1. The lowest BCUT2D eigenvalue weighted by atomic mass is 9.87. The second-order valence-electron chi connectivity index (χ2n) is 5.04. The summed E-state index contributed by atoms with van der Waals surface area (Å²) >= 11 is 0. The quantitative estimate of drug-likeness (QED) is 0.824. The van der Waals surface area contributed by atoms with Gasteiger partial charge in [-0.15, -0.1) is 0 Å². The van der Waals surface area contributed by atoms with E-state index >= 15 is 0 Å². The number of carbonyl (C=O) groups is 1. The molecule has 0 saturated heterocycles. The lowest BCUT2D eigenvalue weighted by Crippen LogP contribution is -2.12. The zero-order valence-corrected chi connectivity index (χ0v) is 12.4. The van der Waals surface area contributed by atoms with Gasteiger partial charge in [0.15, 0.2) is 0 Å². The van der Waals surface area contributed by atoms with Crippen LogP contribution in [0.4, 0.5) is 0 Å². The van der Waals surface area contributed by atoms with Crippen LogP contribution in [0.25, 0.3) is 6.08 Å². The van der Waals surface area contributed by atoms with Crippen molar-refractivity contribution < 1.29 is 9.53 Å². The van der Waals surface area contributed by atoms with Gasteiger partial charge in [0.2, 0.25) is 0 Å². The van der Waals surface area contributed by atoms with E-state index in [1.807, 2.05) is 13.0 Å². The van der Waals surface area contributed by atoms with Gasteiger partial charge in [0.1, 0.15) is 0 Å². The van der Waals surface area contributed by atoms with E-state index in [0.717, 1.165) is 24.2 Å². The van der Waals surface area contributed by atoms with Crippen LogP contribution in [0.5, 0.6) is 0 Å². The van der Waals surface area contributed by atoms with Gasteiger partial charge in [-0.2, -0.15) is 0 Å². The molecule has 108 valence electrons. The molecule has 0 bridgehead atoms. The minimum Gasteiger partial charge on any atom is -0.466 e. The number of benzene rings is 1. The number of hydrogen-bond donors (Lipinski definition) is 2. The number of hydrogen-bond acceptors (Lipinski definition) is 4. The van der Waals surface area contributed by atoms with E-state index in [-0.39, 0.29) is 5.97 Å². The van der Waals surface area contributed by atoms with Crippen LogP contribution in [0, 0.1) is 13.8 Å². The van der Waals surface area contributed by atoms with Crippen molar-refractivity contribution in [2.24, 2.45) is 5.73 Å². The van der Waals surface area contributed by atoms with E-state index in [0.29, 0.717) is 13.0 Å².